The molecule has 0 spiro atoms. The third kappa shape index (κ3) is 10.6. The monoisotopic (exact) mass is 510 g/mol. The van der Waals surface area contributed by atoms with Gasteiger partial charge in [-0.3, -0.25) is 0 Å². The smallest absolute Gasteiger partial charge is 0.343 e. The zero-order valence-corrected chi connectivity index (χ0v) is 21.6. The van der Waals surface area contributed by atoms with Crippen LogP contribution in [0.4, 0.5) is 0 Å². The third-order valence-electron chi connectivity index (χ3n) is 5.07. The molecule has 37 heavy (non-hydrogen) atoms. The number of esters is 3. The van der Waals surface area contributed by atoms with Crippen LogP contribution in [0.15, 0.2) is 60.7 Å². The maximum atomic E-state index is 12.6. The van der Waals surface area contributed by atoms with E-state index in [0.717, 1.165) is 25.7 Å². The molecule has 0 radical (unpaired) electrons. The number of benzene rings is 2. The Bertz CT molecular complexity index is 1090. The standard InChI is InChI=1S/C29H34O8/c1-5-34-27(30)17-11-22-10-16-25(26(20-22)33-4)37-29(32)23-12-14-24(15-13-23)35-18-8-6-7-9-19-36-28(31)21(2)3/h10-17,20H,2,5-9,18-19H2,1,3-4H3. The van der Waals surface area contributed by atoms with Crippen molar-refractivity contribution < 1.29 is 38.1 Å². The van der Waals surface area contributed by atoms with Crippen molar-refractivity contribution in [1.29, 1.82) is 0 Å². The van der Waals surface area contributed by atoms with Crippen molar-refractivity contribution in [2.45, 2.75) is 39.5 Å². The fraction of sp³-hybridized carbons (Fsp3) is 0.345. The lowest BCUT2D eigenvalue weighted by molar-refractivity contribution is -0.139. The molecule has 0 N–H and O–H groups in total. The Labute approximate surface area is 217 Å². The van der Waals surface area contributed by atoms with Crippen molar-refractivity contribution in [2.75, 3.05) is 26.9 Å². The minimum Gasteiger partial charge on any atom is -0.494 e. The van der Waals surface area contributed by atoms with Crippen LogP contribution in [-0.4, -0.2) is 44.8 Å². The molecule has 2 aromatic rings. The van der Waals surface area contributed by atoms with Crippen LogP contribution < -0.4 is 14.2 Å². The summed E-state index contributed by atoms with van der Waals surface area (Å²) in [6, 6.07) is 11.7. The summed E-state index contributed by atoms with van der Waals surface area (Å²) in [6.07, 6.45) is 6.46. The lowest BCUT2D eigenvalue weighted by atomic mass is 10.2. The Morgan fingerprint density at radius 1 is 0.892 bits per heavy atom. The Kier molecular flexibility index (Phi) is 12.5. The van der Waals surface area contributed by atoms with E-state index in [1.54, 1.807) is 62.4 Å². The highest BCUT2D eigenvalue weighted by Gasteiger charge is 2.13. The minimum absolute atomic E-state index is 0.260. The van der Waals surface area contributed by atoms with Gasteiger partial charge < -0.3 is 23.7 Å². The summed E-state index contributed by atoms with van der Waals surface area (Å²) >= 11 is 0. The van der Waals surface area contributed by atoms with E-state index in [2.05, 4.69) is 6.58 Å². The highest BCUT2D eigenvalue weighted by molar-refractivity contribution is 5.91. The predicted octanol–water partition coefficient (Wildman–Crippen LogP) is 5.55. The zero-order valence-electron chi connectivity index (χ0n) is 21.6. The molecule has 0 aliphatic heterocycles. The van der Waals surface area contributed by atoms with Gasteiger partial charge in [-0.05, 0) is 87.6 Å². The second-order valence-electron chi connectivity index (χ2n) is 8.09. The quantitative estimate of drug-likeness (QED) is 0.133. The normalized spacial score (nSPS) is 10.6. The van der Waals surface area contributed by atoms with Crippen molar-refractivity contribution in [2.24, 2.45) is 0 Å². The molecule has 0 aliphatic carbocycles. The number of carbonyl (C=O) groups is 3. The molecular weight excluding hydrogens is 476 g/mol. The second-order valence-corrected chi connectivity index (χ2v) is 8.09. The van der Waals surface area contributed by atoms with Crippen LogP contribution in [0.25, 0.3) is 6.08 Å². The topological polar surface area (TPSA) is 97.4 Å². The highest BCUT2D eigenvalue weighted by Crippen LogP contribution is 2.29. The van der Waals surface area contributed by atoms with E-state index >= 15 is 0 Å². The first-order valence-electron chi connectivity index (χ1n) is 12.1. The lowest BCUT2D eigenvalue weighted by Gasteiger charge is -2.11. The van der Waals surface area contributed by atoms with E-state index in [1.807, 2.05) is 0 Å². The number of rotatable bonds is 15. The second kappa shape index (κ2) is 15.8. The molecule has 0 saturated heterocycles. The number of ether oxygens (including phenoxy) is 5. The first-order valence-corrected chi connectivity index (χ1v) is 12.1. The fourth-order valence-electron chi connectivity index (χ4n) is 3.11. The summed E-state index contributed by atoms with van der Waals surface area (Å²) < 4.78 is 26.5. The van der Waals surface area contributed by atoms with Crippen molar-refractivity contribution in [1.82, 2.24) is 0 Å². The third-order valence-corrected chi connectivity index (χ3v) is 5.07. The van der Waals surface area contributed by atoms with Crippen LogP contribution in [0, 0.1) is 0 Å². The van der Waals surface area contributed by atoms with Gasteiger partial charge in [0.05, 0.1) is 32.5 Å². The van der Waals surface area contributed by atoms with Gasteiger partial charge in [-0.1, -0.05) is 12.6 Å². The van der Waals surface area contributed by atoms with Crippen LogP contribution in [0.2, 0.25) is 0 Å². The molecule has 8 heteroatoms. The summed E-state index contributed by atoms with van der Waals surface area (Å²) in [5.74, 6) is -0.0609. The van der Waals surface area contributed by atoms with Crippen molar-refractivity contribution in [3.8, 4) is 17.2 Å². The first kappa shape index (κ1) is 29.2. The summed E-state index contributed by atoms with van der Waals surface area (Å²) in [6.45, 7) is 8.14. The van der Waals surface area contributed by atoms with Crippen molar-refractivity contribution >= 4 is 24.0 Å². The summed E-state index contributed by atoms with van der Waals surface area (Å²) in [7, 11) is 1.47. The number of unbranched alkanes of at least 4 members (excludes halogenated alkanes) is 3. The fourth-order valence-corrected chi connectivity index (χ4v) is 3.11. The van der Waals surface area contributed by atoms with E-state index in [-0.39, 0.29) is 11.7 Å². The van der Waals surface area contributed by atoms with E-state index in [4.69, 9.17) is 23.7 Å². The molecule has 2 aromatic carbocycles. The lowest BCUT2D eigenvalue weighted by Crippen LogP contribution is -2.09. The number of carbonyl (C=O) groups excluding carboxylic acids is 3. The Morgan fingerprint density at radius 3 is 2.24 bits per heavy atom. The molecule has 0 heterocycles. The molecule has 198 valence electrons. The molecule has 0 aliphatic rings. The average molecular weight is 511 g/mol. The van der Waals surface area contributed by atoms with Gasteiger partial charge in [0, 0.05) is 11.6 Å². The van der Waals surface area contributed by atoms with Gasteiger partial charge in [-0.25, -0.2) is 14.4 Å². The van der Waals surface area contributed by atoms with Gasteiger partial charge in [0.15, 0.2) is 11.5 Å². The van der Waals surface area contributed by atoms with Gasteiger partial charge in [-0.15, -0.1) is 0 Å². The average Bonchev–Trinajstić information content (AvgIpc) is 2.89. The molecule has 0 bridgehead atoms. The predicted molar refractivity (Wildman–Crippen MR) is 140 cm³/mol. The molecule has 0 amide bonds. The molecule has 8 nitrogen and oxygen atoms in total. The van der Waals surface area contributed by atoms with Crippen molar-refractivity contribution in [3.05, 3.63) is 71.8 Å². The molecule has 0 saturated carbocycles. The maximum Gasteiger partial charge on any atom is 0.343 e. The maximum absolute atomic E-state index is 12.6. The molecule has 2 rings (SSSR count). The van der Waals surface area contributed by atoms with E-state index < -0.39 is 11.9 Å². The van der Waals surface area contributed by atoms with Gasteiger partial charge >= 0.3 is 17.9 Å². The summed E-state index contributed by atoms with van der Waals surface area (Å²) in [5.41, 5.74) is 1.46. The van der Waals surface area contributed by atoms with Gasteiger partial charge in [0.1, 0.15) is 5.75 Å². The van der Waals surface area contributed by atoms with Gasteiger partial charge in [0.25, 0.3) is 0 Å². The van der Waals surface area contributed by atoms with E-state index in [1.165, 1.54) is 13.2 Å². The summed E-state index contributed by atoms with van der Waals surface area (Å²) in [4.78, 5) is 35.4. The number of hydrogen-bond acceptors (Lipinski definition) is 8. The molecule has 0 unspecified atom stereocenters. The van der Waals surface area contributed by atoms with Crippen LogP contribution in [0.1, 0.15) is 55.5 Å². The molecule has 0 fully saturated rings. The number of methoxy groups -OCH3 is 1. The summed E-state index contributed by atoms with van der Waals surface area (Å²) in [5, 5.41) is 0. The Morgan fingerprint density at radius 2 is 1.59 bits per heavy atom. The SMILES string of the molecule is C=C(C)C(=O)OCCCCCCOc1ccc(C(=O)Oc2ccc(C=CC(=O)OCC)cc2OC)cc1. The van der Waals surface area contributed by atoms with Crippen LogP contribution in [-0.2, 0) is 19.1 Å². The molecular formula is C29H34O8. The minimum atomic E-state index is -0.535. The van der Waals surface area contributed by atoms with Crippen molar-refractivity contribution in [3.63, 3.8) is 0 Å². The van der Waals surface area contributed by atoms with E-state index in [9.17, 15) is 14.4 Å². The van der Waals surface area contributed by atoms with E-state index in [0.29, 0.717) is 48.0 Å². The number of hydrogen-bond donors (Lipinski definition) is 0. The largest absolute Gasteiger partial charge is 0.494 e. The van der Waals surface area contributed by atoms with Gasteiger partial charge in [0.2, 0.25) is 0 Å². The molecule has 0 aromatic heterocycles. The van der Waals surface area contributed by atoms with Gasteiger partial charge in [-0.2, -0.15) is 0 Å². The van der Waals surface area contributed by atoms with Crippen LogP contribution in [0.3, 0.4) is 0 Å². The zero-order chi connectivity index (χ0) is 27.0. The Balaban J connectivity index is 1.78. The first-order chi connectivity index (χ1) is 17.8. The Hall–Kier alpha value is -4.07. The van der Waals surface area contributed by atoms with Crippen LogP contribution >= 0.6 is 0 Å². The van der Waals surface area contributed by atoms with Crippen LogP contribution in [0.5, 0.6) is 17.2 Å². The molecule has 0 atom stereocenters. The highest BCUT2D eigenvalue weighted by atomic mass is 16.6.